The molecule has 0 fully saturated rings. The lowest BCUT2D eigenvalue weighted by Gasteiger charge is -2.09. The van der Waals surface area contributed by atoms with Crippen LogP contribution in [-0.2, 0) is 13.2 Å². The van der Waals surface area contributed by atoms with E-state index >= 15 is 0 Å². The molecule has 0 aliphatic carbocycles. The first-order chi connectivity index (χ1) is 10.1. The van der Waals surface area contributed by atoms with E-state index in [2.05, 4.69) is 5.32 Å². The third-order valence-electron chi connectivity index (χ3n) is 2.89. The fraction of sp³-hybridized carbons (Fsp3) is 0.200. The Morgan fingerprint density at radius 3 is 2.76 bits per heavy atom. The SMILES string of the molecule is CNCc1cc(F)cc(OCc2ccccc2[N+](=O)[O-])c1. The maximum atomic E-state index is 13.5. The number of halogens is 1. The number of hydrogen-bond donors (Lipinski definition) is 1. The Bertz CT molecular complexity index is 647. The number of nitrogens with one attached hydrogen (secondary N) is 1. The van der Waals surface area contributed by atoms with Crippen LogP contribution in [-0.4, -0.2) is 12.0 Å². The Labute approximate surface area is 121 Å². The van der Waals surface area contributed by atoms with E-state index in [0.717, 1.165) is 5.56 Å². The lowest BCUT2D eigenvalue weighted by molar-refractivity contribution is -0.385. The van der Waals surface area contributed by atoms with E-state index in [1.807, 2.05) is 0 Å². The van der Waals surface area contributed by atoms with Gasteiger partial charge >= 0.3 is 0 Å². The van der Waals surface area contributed by atoms with Crippen molar-refractivity contribution in [2.45, 2.75) is 13.2 Å². The molecule has 0 aromatic heterocycles. The van der Waals surface area contributed by atoms with Gasteiger partial charge in [-0.2, -0.15) is 0 Å². The predicted octanol–water partition coefficient (Wildman–Crippen LogP) is 3.03. The van der Waals surface area contributed by atoms with Crippen LogP contribution in [0.4, 0.5) is 10.1 Å². The van der Waals surface area contributed by atoms with Gasteiger partial charge in [-0.15, -0.1) is 0 Å². The predicted molar refractivity (Wildman–Crippen MR) is 76.6 cm³/mol. The smallest absolute Gasteiger partial charge is 0.276 e. The van der Waals surface area contributed by atoms with Crippen LogP contribution in [0.15, 0.2) is 42.5 Å². The Kier molecular flexibility index (Phi) is 4.84. The highest BCUT2D eigenvalue weighted by molar-refractivity contribution is 5.40. The third kappa shape index (κ3) is 4.00. The molecule has 0 amide bonds. The first-order valence-corrected chi connectivity index (χ1v) is 6.39. The Hall–Kier alpha value is -2.47. The minimum Gasteiger partial charge on any atom is -0.489 e. The van der Waals surface area contributed by atoms with Crippen molar-refractivity contribution in [1.82, 2.24) is 5.32 Å². The Morgan fingerprint density at radius 1 is 1.29 bits per heavy atom. The van der Waals surface area contributed by atoms with Crippen LogP contribution < -0.4 is 10.1 Å². The van der Waals surface area contributed by atoms with Crippen molar-refractivity contribution in [3.05, 3.63) is 69.5 Å². The van der Waals surface area contributed by atoms with Crippen LogP contribution in [0, 0.1) is 15.9 Å². The summed E-state index contributed by atoms with van der Waals surface area (Å²) in [6.07, 6.45) is 0. The number of nitro groups is 1. The van der Waals surface area contributed by atoms with Crippen molar-refractivity contribution >= 4 is 5.69 Å². The molecule has 5 nitrogen and oxygen atoms in total. The Morgan fingerprint density at radius 2 is 2.05 bits per heavy atom. The fourth-order valence-electron chi connectivity index (χ4n) is 1.98. The van der Waals surface area contributed by atoms with Gasteiger partial charge in [-0.05, 0) is 30.8 Å². The zero-order valence-corrected chi connectivity index (χ0v) is 11.5. The van der Waals surface area contributed by atoms with E-state index < -0.39 is 10.7 Å². The molecule has 0 bridgehead atoms. The van der Waals surface area contributed by atoms with E-state index in [1.54, 1.807) is 31.3 Å². The number of nitro benzene ring substituents is 1. The van der Waals surface area contributed by atoms with E-state index in [0.29, 0.717) is 17.9 Å². The molecule has 0 unspecified atom stereocenters. The second kappa shape index (κ2) is 6.81. The third-order valence-corrected chi connectivity index (χ3v) is 2.89. The van der Waals surface area contributed by atoms with E-state index in [-0.39, 0.29) is 12.3 Å². The molecule has 1 N–H and O–H groups in total. The summed E-state index contributed by atoms with van der Waals surface area (Å²) in [5.41, 5.74) is 1.18. The molecule has 0 radical (unpaired) electrons. The number of nitrogens with zero attached hydrogens (tertiary/aromatic N) is 1. The van der Waals surface area contributed by atoms with Crippen molar-refractivity contribution < 1.29 is 14.1 Å². The normalized spacial score (nSPS) is 10.4. The summed E-state index contributed by atoms with van der Waals surface area (Å²) in [6.45, 7) is 0.527. The first-order valence-electron chi connectivity index (χ1n) is 6.39. The number of para-hydroxylation sites is 1. The van der Waals surface area contributed by atoms with Gasteiger partial charge in [0.2, 0.25) is 0 Å². The molecule has 0 aliphatic heterocycles. The minimum atomic E-state index is -0.462. The largest absolute Gasteiger partial charge is 0.489 e. The molecule has 2 rings (SSSR count). The number of hydrogen-bond acceptors (Lipinski definition) is 4. The number of rotatable bonds is 6. The van der Waals surface area contributed by atoms with Gasteiger partial charge in [0.05, 0.1) is 10.5 Å². The molecule has 2 aromatic rings. The molecule has 110 valence electrons. The van der Waals surface area contributed by atoms with Gasteiger partial charge in [0.15, 0.2) is 0 Å². The van der Waals surface area contributed by atoms with Crippen molar-refractivity contribution in [2.24, 2.45) is 0 Å². The first kappa shape index (κ1) is 14.9. The molecule has 0 aliphatic rings. The highest BCUT2D eigenvalue weighted by Crippen LogP contribution is 2.22. The number of benzene rings is 2. The highest BCUT2D eigenvalue weighted by Gasteiger charge is 2.13. The standard InChI is InChI=1S/C15H15FN2O3/c1-17-9-11-6-13(16)8-14(7-11)21-10-12-4-2-3-5-15(12)18(19)20/h2-8,17H,9-10H2,1H3. The second-order valence-electron chi connectivity index (χ2n) is 4.50. The molecule has 0 spiro atoms. The van der Waals surface area contributed by atoms with Gasteiger partial charge in [-0.3, -0.25) is 10.1 Å². The van der Waals surface area contributed by atoms with Crippen LogP contribution in [0.1, 0.15) is 11.1 Å². The van der Waals surface area contributed by atoms with Crippen LogP contribution >= 0.6 is 0 Å². The summed E-state index contributed by atoms with van der Waals surface area (Å²) in [4.78, 5) is 10.4. The maximum absolute atomic E-state index is 13.5. The number of ether oxygens (including phenoxy) is 1. The lowest BCUT2D eigenvalue weighted by atomic mass is 10.2. The van der Waals surface area contributed by atoms with Crippen molar-refractivity contribution in [1.29, 1.82) is 0 Å². The van der Waals surface area contributed by atoms with E-state index in [9.17, 15) is 14.5 Å². The molecule has 21 heavy (non-hydrogen) atoms. The van der Waals surface area contributed by atoms with Crippen molar-refractivity contribution in [2.75, 3.05) is 7.05 Å². The van der Waals surface area contributed by atoms with Crippen LogP contribution in [0.2, 0.25) is 0 Å². The zero-order chi connectivity index (χ0) is 15.2. The molecule has 0 heterocycles. The molecule has 6 heteroatoms. The van der Waals surface area contributed by atoms with Gasteiger partial charge in [-0.1, -0.05) is 12.1 Å². The summed E-state index contributed by atoms with van der Waals surface area (Å²) < 4.78 is 18.9. The monoisotopic (exact) mass is 290 g/mol. The average Bonchev–Trinajstić information content (AvgIpc) is 2.45. The van der Waals surface area contributed by atoms with E-state index in [1.165, 1.54) is 18.2 Å². The quantitative estimate of drug-likeness (QED) is 0.656. The lowest BCUT2D eigenvalue weighted by Crippen LogP contribution is -2.06. The maximum Gasteiger partial charge on any atom is 0.276 e. The molecular formula is C15H15FN2O3. The second-order valence-corrected chi connectivity index (χ2v) is 4.50. The van der Waals surface area contributed by atoms with Gasteiger partial charge in [0.25, 0.3) is 5.69 Å². The van der Waals surface area contributed by atoms with Crippen LogP contribution in [0.25, 0.3) is 0 Å². The topological polar surface area (TPSA) is 64.4 Å². The average molecular weight is 290 g/mol. The van der Waals surface area contributed by atoms with Gasteiger partial charge in [0.1, 0.15) is 18.2 Å². The molecular weight excluding hydrogens is 275 g/mol. The highest BCUT2D eigenvalue weighted by atomic mass is 19.1. The van der Waals surface area contributed by atoms with Crippen molar-refractivity contribution in [3.8, 4) is 5.75 Å². The van der Waals surface area contributed by atoms with Crippen molar-refractivity contribution in [3.63, 3.8) is 0 Å². The van der Waals surface area contributed by atoms with Crippen LogP contribution in [0.5, 0.6) is 5.75 Å². The molecule has 0 saturated heterocycles. The minimum absolute atomic E-state index is 0.00986. The Balaban J connectivity index is 2.15. The van der Waals surface area contributed by atoms with Crippen LogP contribution in [0.3, 0.4) is 0 Å². The van der Waals surface area contributed by atoms with E-state index in [4.69, 9.17) is 4.74 Å². The van der Waals surface area contributed by atoms with Gasteiger partial charge in [-0.25, -0.2) is 4.39 Å². The fourth-order valence-corrected chi connectivity index (χ4v) is 1.98. The summed E-state index contributed by atoms with van der Waals surface area (Å²) in [7, 11) is 1.76. The molecule has 0 atom stereocenters. The van der Waals surface area contributed by atoms with Gasteiger partial charge in [0, 0.05) is 18.7 Å². The summed E-state index contributed by atoms with van der Waals surface area (Å²) >= 11 is 0. The molecule has 2 aromatic carbocycles. The van der Waals surface area contributed by atoms with Gasteiger partial charge < -0.3 is 10.1 Å². The summed E-state index contributed by atoms with van der Waals surface area (Å²) in [5, 5.41) is 13.8. The summed E-state index contributed by atoms with van der Waals surface area (Å²) in [5.74, 6) is -0.0567. The zero-order valence-electron chi connectivity index (χ0n) is 11.5. The molecule has 0 saturated carbocycles. The summed E-state index contributed by atoms with van der Waals surface area (Å²) in [6, 6.07) is 10.7.